The lowest BCUT2D eigenvalue weighted by Crippen LogP contribution is -2.50. The molecule has 1 saturated heterocycles. The lowest BCUT2D eigenvalue weighted by Gasteiger charge is -2.37. The molecule has 1 aromatic heterocycles. The number of hydrogen-bond donors (Lipinski definition) is 2. The summed E-state index contributed by atoms with van der Waals surface area (Å²) in [7, 11) is -4.10. The Kier molecular flexibility index (Phi) is 22.3. The molecule has 1 aliphatic rings. The van der Waals surface area contributed by atoms with Gasteiger partial charge in [-0.15, -0.1) is 0 Å². The molecule has 78 heavy (non-hydrogen) atoms. The van der Waals surface area contributed by atoms with Crippen LogP contribution >= 0.6 is 7.75 Å². The van der Waals surface area contributed by atoms with E-state index >= 15 is 0 Å². The Bertz CT molecular complexity index is 2810. The van der Waals surface area contributed by atoms with Crippen molar-refractivity contribution in [2.24, 2.45) is 5.41 Å². The zero-order valence-corrected chi connectivity index (χ0v) is 45.5. The molecular formula is C54H65N4O19P. The zero-order chi connectivity index (χ0) is 57.2. The highest BCUT2D eigenvalue weighted by molar-refractivity contribution is 7.51. The second kappa shape index (κ2) is 28.3. The minimum Gasteiger partial charge on any atom is -0.468 e. The number of carbonyl (C=O) groups is 8. The number of esters is 6. The van der Waals surface area contributed by atoms with Gasteiger partial charge in [-0.25, -0.2) is 14.4 Å². The molecule has 0 spiro atoms. The van der Waals surface area contributed by atoms with Crippen LogP contribution in [0.3, 0.4) is 0 Å². The number of Topliss-reactive ketones (excluding diaryl/α,β-unsaturated/α-hetero) is 2. The fraction of sp³-hybridized carbons (Fsp3) is 0.444. The molecule has 0 amide bonds. The van der Waals surface area contributed by atoms with Crippen LogP contribution in [-0.4, -0.2) is 121 Å². The number of nitrogens with zero attached hydrogens (tertiary/aromatic N) is 2. The van der Waals surface area contributed by atoms with Crippen LogP contribution in [0.1, 0.15) is 95.7 Å². The number of ether oxygens (including phenoxy) is 7. The molecular weight excluding hydrogens is 1040 g/mol. The first-order chi connectivity index (χ1) is 37.1. The van der Waals surface area contributed by atoms with Gasteiger partial charge in [-0.3, -0.25) is 42.4 Å². The van der Waals surface area contributed by atoms with Gasteiger partial charge in [0.1, 0.15) is 41.7 Å². The van der Waals surface area contributed by atoms with Crippen molar-refractivity contribution in [3.63, 3.8) is 0 Å². The van der Waals surface area contributed by atoms with Crippen molar-refractivity contribution in [1.82, 2.24) is 14.6 Å². The number of aromatic nitrogens is 2. The molecule has 0 bridgehead atoms. The summed E-state index contributed by atoms with van der Waals surface area (Å²) in [6.45, 7) is 5.67. The Morgan fingerprint density at radius 3 is 1.72 bits per heavy atom. The van der Waals surface area contributed by atoms with Crippen LogP contribution in [0.15, 0.2) is 102 Å². The van der Waals surface area contributed by atoms with Gasteiger partial charge in [-0.05, 0) is 64.3 Å². The summed E-state index contributed by atoms with van der Waals surface area (Å²) in [5.74, 6) is -7.23. The highest BCUT2D eigenvalue weighted by Crippen LogP contribution is 2.48. The van der Waals surface area contributed by atoms with Gasteiger partial charge in [-0.1, -0.05) is 90.5 Å². The number of nitrogens with one attached hydrogen (secondary N) is 2. The number of methoxy groups -OCH3 is 1. The number of ketones is 2. The monoisotopic (exact) mass is 1100 g/mol. The van der Waals surface area contributed by atoms with E-state index in [0.717, 1.165) is 40.9 Å². The van der Waals surface area contributed by atoms with Gasteiger partial charge in [-0.2, -0.15) is 4.98 Å². The SMILES string of the molecule is CCOC(=O)C(COC(C)=O)(COP(=O)(N[C@@H](C)C(=O)OC)OC[C@H]1O[C@@H](n2ccc(NC(c3ccccc3)(c3ccccc3)c3ccc(C)cc3)nc2=O)[C@H](OC(=O)CCC(C)=O)[C@@H]1OC(=O)CCC(C)=O)C(=O)OCC. The molecule has 0 saturated carbocycles. The molecule has 0 aliphatic carbocycles. The highest BCUT2D eigenvalue weighted by Gasteiger charge is 2.55. The third-order valence-corrected chi connectivity index (χ3v) is 13.8. The summed E-state index contributed by atoms with van der Waals surface area (Å²) >= 11 is 0. The molecule has 23 nitrogen and oxygen atoms in total. The Hall–Kier alpha value is -7.43. The lowest BCUT2D eigenvalue weighted by molar-refractivity contribution is -0.181. The minimum atomic E-state index is -5.13. The minimum absolute atomic E-state index is 0.0731. The van der Waals surface area contributed by atoms with E-state index in [1.54, 1.807) is 0 Å². The molecule has 0 radical (unpaired) electrons. The van der Waals surface area contributed by atoms with Crippen molar-refractivity contribution in [3.8, 4) is 0 Å². The summed E-state index contributed by atoms with van der Waals surface area (Å²) in [6.07, 6.45) is -7.13. The van der Waals surface area contributed by atoms with E-state index in [1.807, 2.05) is 91.9 Å². The molecule has 3 aromatic carbocycles. The van der Waals surface area contributed by atoms with Gasteiger partial charge in [0.15, 0.2) is 18.4 Å². The predicted octanol–water partition coefficient (Wildman–Crippen LogP) is 5.38. The van der Waals surface area contributed by atoms with Crippen molar-refractivity contribution in [1.29, 1.82) is 0 Å². The summed E-state index contributed by atoms with van der Waals surface area (Å²) in [5.41, 5.74) is -1.41. The van der Waals surface area contributed by atoms with Gasteiger partial charge < -0.3 is 48.1 Å². The number of rotatable bonds is 29. The van der Waals surface area contributed by atoms with Crippen molar-refractivity contribution in [3.05, 3.63) is 130 Å². The summed E-state index contributed by atoms with van der Waals surface area (Å²) in [4.78, 5) is 122. The van der Waals surface area contributed by atoms with E-state index < -0.39 is 123 Å². The van der Waals surface area contributed by atoms with Crippen LogP contribution in [0.25, 0.3) is 0 Å². The smallest absolute Gasteiger partial charge is 0.406 e. The molecule has 1 unspecified atom stereocenters. The molecule has 24 heteroatoms. The summed E-state index contributed by atoms with van der Waals surface area (Å²) in [6, 6.07) is 26.7. The predicted molar refractivity (Wildman–Crippen MR) is 276 cm³/mol. The van der Waals surface area contributed by atoms with Gasteiger partial charge in [0.05, 0.1) is 46.4 Å². The van der Waals surface area contributed by atoms with Gasteiger partial charge in [0, 0.05) is 26.0 Å². The first kappa shape index (κ1) is 61.4. The Morgan fingerprint density at radius 1 is 0.705 bits per heavy atom. The largest absolute Gasteiger partial charge is 0.468 e. The first-order valence-electron chi connectivity index (χ1n) is 24.9. The van der Waals surface area contributed by atoms with E-state index in [1.165, 1.54) is 46.9 Å². The number of benzene rings is 3. The molecule has 2 heterocycles. The van der Waals surface area contributed by atoms with Crippen LogP contribution in [0.5, 0.6) is 0 Å². The van der Waals surface area contributed by atoms with Crippen LogP contribution in [0.2, 0.25) is 0 Å². The number of carbonyl (C=O) groups excluding carboxylic acids is 8. The van der Waals surface area contributed by atoms with Crippen molar-refractivity contribution >= 4 is 60.9 Å². The van der Waals surface area contributed by atoms with Crippen LogP contribution in [0.4, 0.5) is 5.82 Å². The van der Waals surface area contributed by atoms with Crippen LogP contribution in [0, 0.1) is 12.3 Å². The maximum absolute atomic E-state index is 15.0. The van der Waals surface area contributed by atoms with E-state index in [9.17, 15) is 47.7 Å². The fourth-order valence-corrected chi connectivity index (χ4v) is 9.68. The zero-order valence-electron chi connectivity index (χ0n) is 44.6. The lowest BCUT2D eigenvalue weighted by atomic mass is 9.76. The molecule has 1 aliphatic heterocycles. The van der Waals surface area contributed by atoms with Gasteiger partial charge >= 0.3 is 49.3 Å². The Morgan fingerprint density at radius 2 is 1.23 bits per heavy atom. The van der Waals surface area contributed by atoms with Gasteiger partial charge in [0.25, 0.3) is 0 Å². The van der Waals surface area contributed by atoms with E-state index in [2.05, 4.69) is 15.4 Å². The molecule has 6 atom stereocenters. The fourth-order valence-electron chi connectivity index (χ4n) is 8.15. The number of hydrogen-bond acceptors (Lipinski definition) is 21. The molecule has 4 aromatic rings. The number of anilines is 1. The molecule has 1 fully saturated rings. The quantitative estimate of drug-likeness (QED) is 0.0227. The topological polar surface area (TPSA) is 296 Å². The standard InChI is InChI=1S/C54H65N4O19P/c1-9-70-50(65)53(32-72-38(7)61,51(66)71-10-2)33-74-78(68,57-37(6)49(64)69-8)73-31-42-46(76-44(62)27-23-35(4)59)47(77-45(63)28-24-36(5)60)48(75-42)58-30-29-43(55-52(58)67)56-54(39-17-13-11-14-18-39,40-19-15-12-16-20-40)41-25-21-34(3)22-26-41/h11-22,25-26,29-30,37,42,46-48H,9-10,23-24,27-28,31-33H2,1-8H3,(H,57,68)(H,55,56,67)/t37-,42+,46+,47+,48+,78?/m0/s1. The maximum Gasteiger partial charge on any atom is 0.406 e. The third kappa shape index (κ3) is 15.8. The van der Waals surface area contributed by atoms with Crippen LogP contribution < -0.4 is 16.1 Å². The highest BCUT2D eigenvalue weighted by atomic mass is 31.2. The third-order valence-electron chi connectivity index (χ3n) is 12.2. The first-order valence-corrected chi connectivity index (χ1v) is 26.5. The van der Waals surface area contributed by atoms with E-state index in [0.29, 0.717) is 0 Å². The molecule has 5 rings (SSSR count). The van der Waals surface area contributed by atoms with Crippen molar-refractivity contribution < 1.29 is 85.1 Å². The second-order valence-corrected chi connectivity index (χ2v) is 19.9. The summed E-state index contributed by atoms with van der Waals surface area (Å²) < 4.78 is 65.8. The van der Waals surface area contributed by atoms with Crippen molar-refractivity contribution in [2.75, 3.05) is 45.5 Å². The molecule has 2 N–H and O–H groups in total. The second-order valence-electron chi connectivity index (χ2n) is 18.1. The Labute approximate surface area is 450 Å². The normalized spacial score (nSPS) is 17.3. The van der Waals surface area contributed by atoms with E-state index in [4.69, 9.17) is 42.2 Å². The maximum atomic E-state index is 15.0. The van der Waals surface area contributed by atoms with E-state index in [-0.39, 0.29) is 43.4 Å². The molecule has 420 valence electrons. The Balaban J connectivity index is 1.63. The van der Waals surface area contributed by atoms with Crippen molar-refractivity contribution in [2.45, 2.75) is 110 Å². The average Bonchev–Trinajstić information content (AvgIpc) is 3.78. The van der Waals surface area contributed by atoms with Crippen LogP contribution in [-0.2, 0) is 90.7 Å². The average molecular weight is 1110 g/mol. The number of aryl methyl sites for hydroxylation is 1. The summed E-state index contributed by atoms with van der Waals surface area (Å²) in [5, 5.41) is 5.87. The van der Waals surface area contributed by atoms with Gasteiger partial charge in [0.2, 0.25) is 5.41 Å².